The molecule has 0 radical (unpaired) electrons. The lowest BCUT2D eigenvalue weighted by Crippen LogP contribution is -2.32. The van der Waals surface area contributed by atoms with Gasteiger partial charge in [-0.3, -0.25) is 4.79 Å². The number of nitrogens with zero attached hydrogens (tertiary/aromatic N) is 2. The average Bonchev–Trinajstić information content (AvgIpc) is 2.38. The summed E-state index contributed by atoms with van der Waals surface area (Å²) in [6.07, 6.45) is 0.672. The summed E-state index contributed by atoms with van der Waals surface area (Å²) in [6.45, 7) is -0.839. The summed E-state index contributed by atoms with van der Waals surface area (Å²) < 4.78 is 28.8. The van der Waals surface area contributed by atoms with E-state index in [9.17, 15) is 13.6 Å². The van der Waals surface area contributed by atoms with Crippen LogP contribution in [0.4, 0.5) is 8.78 Å². The second-order valence-electron chi connectivity index (χ2n) is 3.76. The van der Waals surface area contributed by atoms with E-state index < -0.39 is 12.5 Å². The lowest BCUT2D eigenvalue weighted by atomic mass is 10.1. The van der Waals surface area contributed by atoms with Gasteiger partial charge in [0.05, 0.1) is 11.6 Å². The Morgan fingerprint density at radius 3 is 2.74 bits per heavy atom. The molecular formula is C13H14F2N2O2. The summed E-state index contributed by atoms with van der Waals surface area (Å²) in [5.41, 5.74) is 0.0338. The van der Waals surface area contributed by atoms with E-state index in [1.165, 1.54) is 23.1 Å². The van der Waals surface area contributed by atoms with Crippen LogP contribution < -0.4 is 4.74 Å². The molecule has 0 atom stereocenters. The van der Waals surface area contributed by atoms with Crippen molar-refractivity contribution in [1.29, 1.82) is 5.26 Å². The zero-order chi connectivity index (χ0) is 14.3. The van der Waals surface area contributed by atoms with Gasteiger partial charge in [0, 0.05) is 6.54 Å². The van der Waals surface area contributed by atoms with E-state index in [0.29, 0.717) is 13.0 Å². The second kappa shape index (κ2) is 7.31. The van der Waals surface area contributed by atoms with E-state index in [4.69, 9.17) is 5.26 Å². The fourth-order valence-corrected chi connectivity index (χ4v) is 1.62. The number of rotatable bonds is 6. The van der Waals surface area contributed by atoms with Crippen LogP contribution in [0, 0.1) is 11.3 Å². The number of nitriles is 1. The molecule has 0 unspecified atom stereocenters. The highest BCUT2D eigenvalue weighted by molar-refractivity contribution is 5.97. The molecule has 1 rings (SSSR count). The van der Waals surface area contributed by atoms with Gasteiger partial charge in [-0.15, -0.1) is 0 Å². The predicted molar refractivity (Wildman–Crippen MR) is 64.9 cm³/mol. The molecule has 0 saturated heterocycles. The Balaban J connectivity index is 3.00. The maximum atomic E-state index is 12.3. The molecule has 0 spiro atoms. The minimum Gasteiger partial charge on any atom is -0.434 e. The van der Waals surface area contributed by atoms with Gasteiger partial charge in [-0.05, 0) is 18.6 Å². The maximum Gasteiger partial charge on any atom is 0.387 e. The van der Waals surface area contributed by atoms with Gasteiger partial charge in [0.15, 0.2) is 0 Å². The van der Waals surface area contributed by atoms with Crippen molar-refractivity contribution in [3.8, 4) is 11.8 Å². The summed E-state index contributed by atoms with van der Waals surface area (Å²) in [5, 5.41) is 8.68. The molecule has 0 saturated carbocycles. The molecule has 1 aromatic rings. The van der Waals surface area contributed by atoms with E-state index in [1.807, 2.05) is 13.0 Å². The lowest BCUT2D eigenvalue weighted by Gasteiger charge is -2.20. The first-order chi connectivity index (χ1) is 9.10. The third-order valence-electron chi connectivity index (χ3n) is 2.38. The average molecular weight is 268 g/mol. The first-order valence-electron chi connectivity index (χ1n) is 5.80. The highest BCUT2D eigenvalue weighted by Gasteiger charge is 2.20. The van der Waals surface area contributed by atoms with Crippen LogP contribution in [-0.2, 0) is 0 Å². The maximum absolute atomic E-state index is 12.3. The van der Waals surface area contributed by atoms with E-state index in [2.05, 4.69) is 4.74 Å². The Labute approximate surface area is 110 Å². The van der Waals surface area contributed by atoms with Crippen LogP contribution in [0.3, 0.4) is 0 Å². The van der Waals surface area contributed by atoms with Crippen LogP contribution in [0.2, 0.25) is 0 Å². The number of carbonyl (C=O) groups is 1. The smallest absolute Gasteiger partial charge is 0.387 e. The van der Waals surface area contributed by atoms with Crippen molar-refractivity contribution in [1.82, 2.24) is 4.90 Å². The molecule has 102 valence electrons. The van der Waals surface area contributed by atoms with Crippen LogP contribution >= 0.6 is 0 Å². The lowest BCUT2D eigenvalue weighted by molar-refractivity contribution is -0.0502. The zero-order valence-corrected chi connectivity index (χ0v) is 10.5. The van der Waals surface area contributed by atoms with E-state index in [0.717, 1.165) is 0 Å². The summed E-state index contributed by atoms with van der Waals surface area (Å²) in [7, 11) is 0. The molecule has 1 aromatic carbocycles. The number of hydrogen-bond donors (Lipinski definition) is 0. The van der Waals surface area contributed by atoms with Crippen LogP contribution in [-0.4, -0.2) is 30.5 Å². The number of carbonyl (C=O) groups excluding carboxylic acids is 1. The standard InChI is InChI=1S/C13H14F2N2O2/c1-2-8-17(9-7-16)12(18)10-5-3-4-6-11(10)19-13(14)15/h3-6,13H,2,8-9H2,1H3. The molecule has 0 aliphatic heterocycles. The number of alkyl halides is 2. The molecule has 19 heavy (non-hydrogen) atoms. The SMILES string of the molecule is CCCN(CC#N)C(=O)c1ccccc1OC(F)F. The van der Waals surface area contributed by atoms with Crippen LogP contribution in [0.1, 0.15) is 23.7 Å². The van der Waals surface area contributed by atoms with Gasteiger partial charge in [0.2, 0.25) is 0 Å². The third kappa shape index (κ3) is 4.21. The van der Waals surface area contributed by atoms with Crippen LogP contribution in [0.25, 0.3) is 0 Å². The Hall–Kier alpha value is -2.16. The van der Waals surface area contributed by atoms with Crippen LogP contribution in [0.15, 0.2) is 24.3 Å². The summed E-state index contributed by atoms with van der Waals surface area (Å²) in [6, 6.07) is 7.64. The first-order valence-corrected chi connectivity index (χ1v) is 5.80. The van der Waals surface area contributed by atoms with Crippen molar-refractivity contribution in [3.63, 3.8) is 0 Å². The van der Waals surface area contributed by atoms with E-state index in [1.54, 1.807) is 6.07 Å². The Morgan fingerprint density at radius 2 is 2.16 bits per heavy atom. The largest absolute Gasteiger partial charge is 0.434 e. The van der Waals surface area contributed by atoms with Crippen LogP contribution in [0.5, 0.6) is 5.75 Å². The number of benzene rings is 1. The number of para-hydroxylation sites is 1. The minimum absolute atomic E-state index is 0.0338. The minimum atomic E-state index is -3.00. The molecular weight excluding hydrogens is 254 g/mol. The van der Waals surface area contributed by atoms with Gasteiger partial charge in [0.25, 0.3) is 5.91 Å². The monoisotopic (exact) mass is 268 g/mol. The fraction of sp³-hybridized carbons (Fsp3) is 0.385. The predicted octanol–water partition coefficient (Wildman–Crippen LogP) is 2.66. The number of amides is 1. The molecule has 0 aliphatic carbocycles. The van der Waals surface area contributed by atoms with Gasteiger partial charge < -0.3 is 9.64 Å². The number of ether oxygens (including phenoxy) is 1. The van der Waals surface area contributed by atoms with Crippen molar-refractivity contribution in [2.45, 2.75) is 20.0 Å². The van der Waals surface area contributed by atoms with Gasteiger partial charge in [-0.1, -0.05) is 19.1 Å². The van der Waals surface area contributed by atoms with Crippen molar-refractivity contribution in [3.05, 3.63) is 29.8 Å². The Morgan fingerprint density at radius 1 is 1.47 bits per heavy atom. The topological polar surface area (TPSA) is 53.3 Å². The van der Waals surface area contributed by atoms with Gasteiger partial charge in [-0.25, -0.2) is 0 Å². The highest BCUT2D eigenvalue weighted by atomic mass is 19.3. The van der Waals surface area contributed by atoms with E-state index in [-0.39, 0.29) is 17.9 Å². The van der Waals surface area contributed by atoms with Gasteiger partial charge in [-0.2, -0.15) is 14.0 Å². The summed E-state index contributed by atoms with van der Waals surface area (Å²) >= 11 is 0. The summed E-state index contributed by atoms with van der Waals surface area (Å²) in [5.74, 6) is -0.666. The van der Waals surface area contributed by atoms with E-state index >= 15 is 0 Å². The molecule has 0 aromatic heterocycles. The number of halogens is 2. The Bertz CT molecular complexity index is 472. The molecule has 0 bridgehead atoms. The molecule has 0 N–H and O–H groups in total. The molecule has 0 heterocycles. The molecule has 0 aliphatic rings. The van der Waals surface area contributed by atoms with Crippen molar-refractivity contribution >= 4 is 5.91 Å². The molecule has 6 heteroatoms. The van der Waals surface area contributed by atoms with Gasteiger partial charge in [0.1, 0.15) is 12.3 Å². The summed E-state index contributed by atoms with van der Waals surface area (Å²) in [4.78, 5) is 13.5. The van der Waals surface area contributed by atoms with Crippen molar-refractivity contribution < 1.29 is 18.3 Å². The fourth-order valence-electron chi connectivity index (χ4n) is 1.62. The second-order valence-corrected chi connectivity index (χ2v) is 3.76. The Kier molecular flexibility index (Phi) is 5.73. The highest BCUT2D eigenvalue weighted by Crippen LogP contribution is 2.21. The van der Waals surface area contributed by atoms with Crippen molar-refractivity contribution in [2.24, 2.45) is 0 Å². The van der Waals surface area contributed by atoms with Gasteiger partial charge >= 0.3 is 6.61 Å². The quantitative estimate of drug-likeness (QED) is 0.745. The molecule has 1 amide bonds. The van der Waals surface area contributed by atoms with Crippen molar-refractivity contribution in [2.75, 3.05) is 13.1 Å². The number of hydrogen-bond acceptors (Lipinski definition) is 3. The normalized spacial score (nSPS) is 10.1. The molecule has 0 fully saturated rings. The first kappa shape index (κ1) is 14.9. The molecule has 4 nitrogen and oxygen atoms in total. The zero-order valence-electron chi connectivity index (χ0n) is 10.5. The third-order valence-corrected chi connectivity index (χ3v) is 2.38.